The van der Waals surface area contributed by atoms with Crippen LogP contribution in [-0.2, 0) is 0 Å². The van der Waals surface area contributed by atoms with Crippen LogP contribution in [0.1, 0.15) is 23.2 Å². The van der Waals surface area contributed by atoms with Crippen LogP contribution in [0.15, 0.2) is 24.3 Å². The predicted octanol–water partition coefficient (Wildman–Crippen LogP) is 1.52. The quantitative estimate of drug-likeness (QED) is 0.859. The van der Waals surface area contributed by atoms with Gasteiger partial charge in [-0.2, -0.15) is 0 Å². The third-order valence-electron chi connectivity index (χ3n) is 3.24. The van der Waals surface area contributed by atoms with Crippen LogP contribution >= 0.6 is 0 Å². The van der Waals surface area contributed by atoms with E-state index in [2.05, 4.69) is 10.2 Å². The number of nitrogens with one attached hydrogen (secondary N) is 1. The van der Waals surface area contributed by atoms with Crippen molar-refractivity contribution in [3.8, 4) is 5.75 Å². The molecule has 1 heterocycles. The molecule has 18 heavy (non-hydrogen) atoms. The van der Waals surface area contributed by atoms with Crippen molar-refractivity contribution in [2.45, 2.75) is 12.8 Å². The van der Waals surface area contributed by atoms with Gasteiger partial charge in [0.2, 0.25) is 0 Å². The number of hydrogen-bond acceptors (Lipinski definition) is 3. The molecule has 1 aliphatic heterocycles. The molecule has 0 radical (unpaired) electrons. The molecular weight excluding hydrogens is 228 g/mol. The zero-order valence-corrected chi connectivity index (χ0v) is 10.8. The third-order valence-corrected chi connectivity index (χ3v) is 3.24. The van der Waals surface area contributed by atoms with Crippen LogP contribution in [0.5, 0.6) is 5.75 Å². The van der Waals surface area contributed by atoms with Crippen LogP contribution in [0.2, 0.25) is 0 Å². The highest BCUT2D eigenvalue weighted by Crippen LogP contribution is 2.12. The van der Waals surface area contributed by atoms with Crippen molar-refractivity contribution in [2.24, 2.45) is 0 Å². The van der Waals surface area contributed by atoms with Gasteiger partial charge < -0.3 is 15.0 Å². The van der Waals surface area contributed by atoms with Crippen molar-refractivity contribution in [1.29, 1.82) is 0 Å². The Morgan fingerprint density at radius 3 is 2.89 bits per heavy atom. The summed E-state index contributed by atoms with van der Waals surface area (Å²) in [6.45, 7) is 3.97. The van der Waals surface area contributed by atoms with Gasteiger partial charge in [0.1, 0.15) is 5.75 Å². The molecule has 1 aromatic rings. The van der Waals surface area contributed by atoms with E-state index < -0.39 is 0 Å². The lowest BCUT2D eigenvalue weighted by atomic mass is 10.2. The molecule has 1 aromatic carbocycles. The first-order valence-corrected chi connectivity index (χ1v) is 6.44. The molecule has 98 valence electrons. The first kappa shape index (κ1) is 12.9. The van der Waals surface area contributed by atoms with Gasteiger partial charge in [0.05, 0.1) is 7.11 Å². The summed E-state index contributed by atoms with van der Waals surface area (Å²) in [4.78, 5) is 14.3. The van der Waals surface area contributed by atoms with E-state index in [4.69, 9.17) is 4.74 Å². The number of rotatable bonds is 5. The number of amides is 1. The van der Waals surface area contributed by atoms with Crippen LogP contribution in [0.3, 0.4) is 0 Å². The average Bonchev–Trinajstić information content (AvgIpc) is 2.92. The van der Waals surface area contributed by atoms with Crippen molar-refractivity contribution in [3.63, 3.8) is 0 Å². The Morgan fingerprint density at radius 1 is 1.39 bits per heavy atom. The Morgan fingerprint density at radius 2 is 2.17 bits per heavy atom. The smallest absolute Gasteiger partial charge is 0.251 e. The minimum Gasteiger partial charge on any atom is -0.497 e. The molecule has 0 aliphatic carbocycles. The average molecular weight is 248 g/mol. The van der Waals surface area contributed by atoms with Crippen LogP contribution in [0.4, 0.5) is 0 Å². The molecule has 2 rings (SSSR count). The Balaban J connectivity index is 1.79. The highest BCUT2D eigenvalue weighted by atomic mass is 16.5. The zero-order valence-electron chi connectivity index (χ0n) is 10.8. The van der Waals surface area contributed by atoms with E-state index in [0.29, 0.717) is 17.9 Å². The Bertz CT molecular complexity index is 401. The lowest BCUT2D eigenvalue weighted by molar-refractivity contribution is 0.0949. The number of hydrogen-bond donors (Lipinski definition) is 1. The van der Waals surface area contributed by atoms with E-state index in [1.807, 2.05) is 12.1 Å². The van der Waals surface area contributed by atoms with Crippen molar-refractivity contribution in [3.05, 3.63) is 29.8 Å². The summed E-state index contributed by atoms with van der Waals surface area (Å²) < 4.78 is 5.10. The SMILES string of the molecule is COc1cccc(C(=O)NCCN2CCCC2)c1. The van der Waals surface area contributed by atoms with Gasteiger partial charge in [0.15, 0.2) is 0 Å². The van der Waals surface area contributed by atoms with E-state index in [1.165, 1.54) is 12.8 Å². The van der Waals surface area contributed by atoms with Crippen molar-refractivity contribution >= 4 is 5.91 Å². The molecule has 4 heteroatoms. The van der Waals surface area contributed by atoms with Crippen LogP contribution in [0, 0.1) is 0 Å². The lowest BCUT2D eigenvalue weighted by Gasteiger charge is -2.14. The van der Waals surface area contributed by atoms with Gasteiger partial charge in [0.25, 0.3) is 5.91 Å². The van der Waals surface area contributed by atoms with Gasteiger partial charge in [-0.1, -0.05) is 6.07 Å². The van der Waals surface area contributed by atoms with Gasteiger partial charge in [-0.15, -0.1) is 0 Å². The largest absolute Gasteiger partial charge is 0.497 e. The number of nitrogens with zero attached hydrogens (tertiary/aromatic N) is 1. The summed E-state index contributed by atoms with van der Waals surface area (Å²) in [5.41, 5.74) is 0.649. The maximum atomic E-state index is 11.9. The molecular formula is C14H20N2O2. The normalized spacial score (nSPS) is 15.6. The number of methoxy groups -OCH3 is 1. The van der Waals surface area contributed by atoms with Gasteiger partial charge in [-0.3, -0.25) is 4.79 Å². The molecule has 1 aliphatic rings. The number of carbonyl (C=O) groups is 1. The van der Waals surface area contributed by atoms with E-state index in [0.717, 1.165) is 19.6 Å². The van der Waals surface area contributed by atoms with Gasteiger partial charge >= 0.3 is 0 Å². The molecule has 0 spiro atoms. The predicted molar refractivity (Wildman–Crippen MR) is 71.0 cm³/mol. The van der Waals surface area contributed by atoms with Crippen LogP contribution in [0.25, 0.3) is 0 Å². The monoisotopic (exact) mass is 248 g/mol. The number of ether oxygens (including phenoxy) is 1. The molecule has 1 N–H and O–H groups in total. The van der Waals surface area contributed by atoms with E-state index >= 15 is 0 Å². The molecule has 1 fully saturated rings. The fourth-order valence-electron chi connectivity index (χ4n) is 2.20. The lowest BCUT2D eigenvalue weighted by Crippen LogP contribution is -2.33. The zero-order chi connectivity index (χ0) is 12.8. The van der Waals surface area contributed by atoms with Crippen molar-refractivity contribution < 1.29 is 9.53 Å². The minimum absolute atomic E-state index is 0.0342. The first-order valence-electron chi connectivity index (χ1n) is 6.44. The molecule has 0 saturated carbocycles. The maximum absolute atomic E-state index is 11.9. The molecule has 1 saturated heterocycles. The summed E-state index contributed by atoms with van der Waals surface area (Å²) >= 11 is 0. The highest BCUT2D eigenvalue weighted by molar-refractivity contribution is 5.94. The van der Waals surface area contributed by atoms with Gasteiger partial charge in [-0.05, 0) is 44.1 Å². The fraction of sp³-hybridized carbons (Fsp3) is 0.500. The molecule has 0 unspecified atom stereocenters. The maximum Gasteiger partial charge on any atom is 0.251 e. The Hall–Kier alpha value is -1.55. The molecule has 0 bridgehead atoms. The topological polar surface area (TPSA) is 41.6 Å². The summed E-state index contributed by atoms with van der Waals surface area (Å²) in [5.74, 6) is 0.676. The number of likely N-dealkylation sites (tertiary alicyclic amines) is 1. The van der Waals surface area contributed by atoms with Crippen molar-refractivity contribution in [1.82, 2.24) is 10.2 Å². The molecule has 1 amide bonds. The molecule has 0 atom stereocenters. The van der Waals surface area contributed by atoms with Crippen LogP contribution < -0.4 is 10.1 Å². The Labute approximate surface area is 108 Å². The summed E-state index contributed by atoms with van der Waals surface area (Å²) in [6.07, 6.45) is 2.56. The van der Waals surface area contributed by atoms with Gasteiger partial charge in [0, 0.05) is 18.7 Å². The summed E-state index contributed by atoms with van der Waals surface area (Å²) in [7, 11) is 1.60. The minimum atomic E-state index is -0.0342. The molecule has 0 aromatic heterocycles. The summed E-state index contributed by atoms with van der Waals surface area (Å²) in [6, 6.07) is 7.22. The Kier molecular flexibility index (Phi) is 4.59. The number of carbonyl (C=O) groups excluding carboxylic acids is 1. The fourth-order valence-corrected chi connectivity index (χ4v) is 2.20. The highest BCUT2D eigenvalue weighted by Gasteiger charge is 2.11. The second kappa shape index (κ2) is 6.40. The van der Waals surface area contributed by atoms with Crippen LogP contribution in [-0.4, -0.2) is 44.1 Å². The standard InChI is InChI=1S/C14H20N2O2/c1-18-13-6-4-5-12(11-13)14(17)15-7-10-16-8-2-3-9-16/h4-6,11H,2-3,7-10H2,1H3,(H,15,17). The third kappa shape index (κ3) is 3.47. The van der Waals surface area contributed by atoms with E-state index in [-0.39, 0.29) is 5.91 Å². The van der Waals surface area contributed by atoms with Crippen molar-refractivity contribution in [2.75, 3.05) is 33.3 Å². The van der Waals surface area contributed by atoms with E-state index in [9.17, 15) is 4.79 Å². The molecule has 4 nitrogen and oxygen atoms in total. The van der Waals surface area contributed by atoms with Gasteiger partial charge in [-0.25, -0.2) is 0 Å². The second-order valence-electron chi connectivity index (χ2n) is 4.54. The second-order valence-corrected chi connectivity index (χ2v) is 4.54. The van der Waals surface area contributed by atoms with E-state index in [1.54, 1.807) is 19.2 Å². The first-order chi connectivity index (χ1) is 8.79. The summed E-state index contributed by atoms with van der Waals surface area (Å²) in [5, 5.41) is 2.94. The number of benzene rings is 1.